The van der Waals surface area contributed by atoms with Crippen molar-refractivity contribution in [1.82, 2.24) is 0 Å². The molecule has 0 aliphatic carbocycles. The maximum Gasteiger partial charge on any atom is 0.187 e. The van der Waals surface area contributed by atoms with Crippen LogP contribution in [0.15, 0.2) is 0 Å². The molecule has 0 spiro atoms. The van der Waals surface area contributed by atoms with Crippen molar-refractivity contribution in [3.8, 4) is 0 Å². The molecule has 1 rings (SSSR count). The lowest BCUT2D eigenvalue weighted by atomic mass is 9.99. The van der Waals surface area contributed by atoms with Crippen LogP contribution in [0.5, 0.6) is 0 Å². The molecule has 0 radical (unpaired) electrons. The topological polar surface area (TPSA) is 166 Å². The lowest BCUT2D eigenvalue weighted by molar-refractivity contribution is -0.315. The number of rotatable bonds is 20. The van der Waals surface area contributed by atoms with E-state index in [9.17, 15) is 30.6 Å². The fraction of sp³-hybridized carbons (Fsp3) is 1.00. The van der Waals surface area contributed by atoms with E-state index in [0.29, 0.717) is 6.42 Å². The van der Waals surface area contributed by atoms with E-state index in [4.69, 9.17) is 15.2 Å². The van der Waals surface area contributed by atoms with Crippen LogP contribution in [0.3, 0.4) is 0 Å². The summed E-state index contributed by atoms with van der Waals surface area (Å²) in [6, 6.07) is -0.136. The van der Waals surface area contributed by atoms with E-state index in [-0.39, 0.29) is 12.1 Å². The molecule has 0 aromatic rings. The zero-order chi connectivity index (χ0) is 26.2. The first-order chi connectivity index (χ1) is 16.7. The molecule has 35 heavy (non-hydrogen) atoms. The van der Waals surface area contributed by atoms with Gasteiger partial charge in [0, 0.05) is 6.04 Å². The zero-order valence-corrected chi connectivity index (χ0v) is 21.9. The van der Waals surface area contributed by atoms with Crippen LogP contribution in [0.1, 0.15) is 104 Å². The molecule has 0 bridgehead atoms. The van der Waals surface area contributed by atoms with Crippen LogP contribution < -0.4 is 5.73 Å². The Balaban J connectivity index is 1.99. The van der Waals surface area contributed by atoms with Crippen LogP contribution in [0, 0.1) is 0 Å². The first-order valence-electron chi connectivity index (χ1n) is 13.8. The molecule has 1 saturated heterocycles. The van der Waals surface area contributed by atoms with Crippen LogP contribution in [-0.2, 0) is 9.47 Å². The summed E-state index contributed by atoms with van der Waals surface area (Å²) in [5.74, 6) is 0. The molecule has 210 valence electrons. The third-order valence-corrected chi connectivity index (χ3v) is 7.10. The highest BCUT2D eigenvalue weighted by Gasteiger charge is 2.44. The van der Waals surface area contributed by atoms with Gasteiger partial charge in [0.05, 0.1) is 24.9 Å². The minimum Gasteiger partial charge on any atom is -0.394 e. The van der Waals surface area contributed by atoms with Gasteiger partial charge >= 0.3 is 0 Å². The molecule has 1 heterocycles. The molecule has 1 aliphatic heterocycles. The van der Waals surface area contributed by atoms with Crippen LogP contribution in [0.2, 0.25) is 0 Å². The Kier molecular flexibility index (Phi) is 17.6. The van der Waals surface area contributed by atoms with Crippen LogP contribution in [-0.4, -0.2) is 92.3 Å². The molecule has 0 saturated carbocycles. The van der Waals surface area contributed by atoms with Crippen molar-refractivity contribution in [2.75, 3.05) is 6.61 Å². The van der Waals surface area contributed by atoms with Gasteiger partial charge in [-0.15, -0.1) is 0 Å². The largest absolute Gasteiger partial charge is 0.394 e. The average Bonchev–Trinajstić information content (AvgIpc) is 2.83. The van der Waals surface area contributed by atoms with E-state index < -0.39 is 49.5 Å². The van der Waals surface area contributed by atoms with Crippen molar-refractivity contribution < 1.29 is 40.1 Å². The van der Waals surface area contributed by atoms with Crippen molar-refractivity contribution in [3.63, 3.8) is 0 Å². The Hall–Kier alpha value is -0.360. The van der Waals surface area contributed by atoms with E-state index in [1.807, 2.05) is 6.92 Å². The van der Waals surface area contributed by atoms with Gasteiger partial charge in [-0.3, -0.25) is 0 Å². The third-order valence-electron chi connectivity index (χ3n) is 7.10. The monoisotopic (exact) mass is 507 g/mol. The van der Waals surface area contributed by atoms with Crippen LogP contribution in [0.25, 0.3) is 0 Å². The van der Waals surface area contributed by atoms with Crippen molar-refractivity contribution in [2.24, 2.45) is 5.73 Å². The number of unbranched alkanes of at least 4 members (excludes halogenated alkanes) is 11. The Morgan fingerprint density at radius 1 is 0.686 bits per heavy atom. The summed E-state index contributed by atoms with van der Waals surface area (Å²) in [4.78, 5) is 0. The highest BCUT2D eigenvalue weighted by molar-refractivity contribution is 4.89. The molecule has 8 N–H and O–H groups in total. The summed E-state index contributed by atoms with van der Waals surface area (Å²) in [6.07, 6.45) is 7.04. The Labute approximate surface area is 211 Å². The van der Waals surface area contributed by atoms with Gasteiger partial charge in [0.1, 0.15) is 24.4 Å². The second kappa shape index (κ2) is 18.8. The first kappa shape index (κ1) is 32.7. The predicted molar refractivity (Wildman–Crippen MR) is 135 cm³/mol. The maximum absolute atomic E-state index is 10.4. The standard InChI is InChI=1S/C26H53NO8/c1-18(27)20(29)15-13-11-9-7-5-3-4-6-8-10-12-14-16-21(30)19(2)34-26-25(33)24(32)23(31)22(17-28)35-26/h18-26,28-33H,3-17,27H2,1-2H3. The predicted octanol–water partition coefficient (Wildman–Crippen LogP) is 1.72. The van der Waals surface area contributed by atoms with Crippen molar-refractivity contribution in [1.29, 1.82) is 0 Å². The third kappa shape index (κ3) is 13.1. The molecule has 1 fully saturated rings. The molecule has 9 nitrogen and oxygen atoms in total. The molecule has 9 unspecified atom stereocenters. The first-order valence-corrected chi connectivity index (χ1v) is 13.8. The van der Waals surface area contributed by atoms with Gasteiger partial charge in [-0.2, -0.15) is 0 Å². The Morgan fingerprint density at radius 3 is 1.54 bits per heavy atom. The second-order valence-corrected chi connectivity index (χ2v) is 10.4. The lowest BCUT2D eigenvalue weighted by Gasteiger charge is -2.41. The van der Waals surface area contributed by atoms with Gasteiger partial charge in [0.2, 0.25) is 0 Å². The molecular formula is C26H53NO8. The lowest BCUT2D eigenvalue weighted by Crippen LogP contribution is -2.60. The van der Waals surface area contributed by atoms with Crippen LogP contribution >= 0.6 is 0 Å². The molecule has 9 heteroatoms. The van der Waals surface area contributed by atoms with Crippen LogP contribution in [0.4, 0.5) is 0 Å². The summed E-state index contributed by atoms with van der Waals surface area (Å²) in [5, 5.41) is 59.0. The fourth-order valence-corrected chi connectivity index (χ4v) is 4.45. The van der Waals surface area contributed by atoms with E-state index in [2.05, 4.69) is 0 Å². The van der Waals surface area contributed by atoms with Crippen molar-refractivity contribution in [2.45, 2.75) is 159 Å². The summed E-state index contributed by atoms with van der Waals surface area (Å²) in [5.41, 5.74) is 5.66. The second-order valence-electron chi connectivity index (χ2n) is 10.4. The number of aliphatic hydroxyl groups is 6. The highest BCUT2D eigenvalue weighted by Crippen LogP contribution is 2.24. The molecule has 0 amide bonds. The van der Waals surface area contributed by atoms with Gasteiger partial charge in [0.25, 0.3) is 0 Å². The average molecular weight is 508 g/mol. The minimum atomic E-state index is -1.49. The van der Waals surface area contributed by atoms with Gasteiger partial charge in [-0.25, -0.2) is 0 Å². The number of hydrogen-bond acceptors (Lipinski definition) is 9. The summed E-state index contributed by atoms with van der Waals surface area (Å²) >= 11 is 0. The maximum atomic E-state index is 10.4. The normalized spacial score (nSPS) is 28.5. The Bertz CT molecular complexity index is 510. The van der Waals surface area contributed by atoms with Gasteiger partial charge < -0.3 is 45.8 Å². The van der Waals surface area contributed by atoms with Gasteiger partial charge in [-0.05, 0) is 26.7 Å². The number of nitrogens with two attached hydrogens (primary N) is 1. The quantitative estimate of drug-likeness (QED) is 0.121. The smallest absolute Gasteiger partial charge is 0.187 e. The van der Waals surface area contributed by atoms with E-state index >= 15 is 0 Å². The Morgan fingerprint density at radius 2 is 1.11 bits per heavy atom. The van der Waals surface area contributed by atoms with Crippen molar-refractivity contribution in [3.05, 3.63) is 0 Å². The fourth-order valence-electron chi connectivity index (χ4n) is 4.45. The summed E-state index contributed by atoms with van der Waals surface area (Å²) < 4.78 is 10.9. The van der Waals surface area contributed by atoms with Crippen molar-refractivity contribution >= 4 is 0 Å². The van der Waals surface area contributed by atoms with E-state index in [1.165, 1.54) is 51.4 Å². The van der Waals surface area contributed by atoms with Gasteiger partial charge in [0.15, 0.2) is 6.29 Å². The number of ether oxygens (including phenoxy) is 2. The van der Waals surface area contributed by atoms with Gasteiger partial charge in [-0.1, -0.05) is 77.0 Å². The minimum absolute atomic E-state index is 0.136. The summed E-state index contributed by atoms with van der Waals surface area (Å²) in [6.45, 7) is 3.01. The molecular weight excluding hydrogens is 454 g/mol. The molecule has 1 aliphatic rings. The highest BCUT2D eigenvalue weighted by atomic mass is 16.7. The SMILES string of the molecule is CC(N)C(O)CCCCCCCCCCCCCCC(O)C(C)OC1OC(CO)C(O)C(O)C1O. The summed E-state index contributed by atoms with van der Waals surface area (Å²) in [7, 11) is 0. The van der Waals surface area contributed by atoms with E-state index in [0.717, 1.165) is 32.1 Å². The number of hydrogen-bond donors (Lipinski definition) is 7. The van der Waals surface area contributed by atoms with E-state index in [1.54, 1.807) is 6.92 Å². The molecule has 0 aromatic heterocycles. The number of aliphatic hydroxyl groups excluding tert-OH is 6. The molecule has 9 atom stereocenters. The zero-order valence-electron chi connectivity index (χ0n) is 21.9. The molecule has 0 aromatic carbocycles.